The molecule has 1 unspecified atom stereocenters. The molecule has 0 aromatic heterocycles. The van der Waals surface area contributed by atoms with Crippen molar-refractivity contribution < 1.29 is 13.6 Å². The number of hydrogen-bond acceptors (Lipinski definition) is 2. The number of nitrogens with one attached hydrogen (secondary N) is 1. The van der Waals surface area contributed by atoms with Crippen molar-refractivity contribution in [3.05, 3.63) is 23.8 Å². The number of likely N-dealkylation sites (N-methyl/N-ethyl adjacent to an activating group) is 1. The number of benzene rings is 1. The molecular weight excluding hydrogens is 214 g/mol. The highest BCUT2D eigenvalue weighted by atomic mass is 19.1. The van der Waals surface area contributed by atoms with Crippen LogP contribution in [0.15, 0.2) is 12.1 Å². The lowest BCUT2D eigenvalue weighted by Crippen LogP contribution is -2.45. The highest BCUT2D eigenvalue weighted by molar-refractivity contribution is 6.04. The molecule has 86 valence electrons. The summed E-state index contributed by atoms with van der Waals surface area (Å²) in [5, 5.41) is 2.79. The first-order valence-corrected chi connectivity index (χ1v) is 5.07. The minimum Gasteiger partial charge on any atom is -0.370 e. The minimum atomic E-state index is -0.687. The van der Waals surface area contributed by atoms with Gasteiger partial charge in [-0.2, -0.15) is 0 Å². The summed E-state index contributed by atoms with van der Waals surface area (Å²) in [5.74, 6) is -1.54. The zero-order valence-corrected chi connectivity index (χ0v) is 9.05. The predicted octanol–water partition coefficient (Wildman–Crippen LogP) is 2.13. The molecule has 1 aliphatic heterocycles. The molecule has 5 heteroatoms. The van der Waals surface area contributed by atoms with E-state index in [-0.39, 0.29) is 17.3 Å². The van der Waals surface area contributed by atoms with Gasteiger partial charge >= 0.3 is 0 Å². The van der Waals surface area contributed by atoms with E-state index in [1.54, 1.807) is 0 Å². The second-order valence-corrected chi connectivity index (χ2v) is 3.78. The summed E-state index contributed by atoms with van der Waals surface area (Å²) in [7, 11) is 1.52. The summed E-state index contributed by atoms with van der Waals surface area (Å²) >= 11 is 0. The van der Waals surface area contributed by atoms with E-state index >= 15 is 0 Å². The Hall–Kier alpha value is -1.65. The Labute approximate surface area is 92.1 Å². The Morgan fingerprint density at radius 2 is 2.12 bits per heavy atom. The van der Waals surface area contributed by atoms with Crippen LogP contribution >= 0.6 is 0 Å². The highest BCUT2D eigenvalue weighted by Crippen LogP contribution is 2.34. The summed E-state index contributed by atoms with van der Waals surface area (Å²) in [6.45, 7) is 1.83. The minimum absolute atomic E-state index is 0.181. The number of carbonyl (C=O) groups is 1. The fourth-order valence-electron chi connectivity index (χ4n) is 1.83. The zero-order chi connectivity index (χ0) is 11.9. The molecular formula is C11H12F2N2O. The van der Waals surface area contributed by atoms with Crippen LogP contribution in [0.25, 0.3) is 0 Å². The molecule has 0 radical (unpaired) electrons. The van der Waals surface area contributed by atoms with Gasteiger partial charge in [-0.05, 0) is 12.5 Å². The fourth-order valence-corrected chi connectivity index (χ4v) is 1.83. The molecule has 16 heavy (non-hydrogen) atoms. The van der Waals surface area contributed by atoms with E-state index in [9.17, 15) is 13.6 Å². The molecule has 1 heterocycles. The maximum Gasteiger partial charge on any atom is 0.249 e. The lowest BCUT2D eigenvalue weighted by atomic mass is 10.1. The Morgan fingerprint density at radius 3 is 2.75 bits per heavy atom. The van der Waals surface area contributed by atoms with Gasteiger partial charge in [0.2, 0.25) is 5.91 Å². The summed E-state index contributed by atoms with van der Waals surface area (Å²) in [5.41, 5.74) is 0.433. The van der Waals surface area contributed by atoms with Crippen molar-refractivity contribution in [3.8, 4) is 0 Å². The monoisotopic (exact) mass is 226 g/mol. The Bertz CT molecular complexity index is 448. The maximum atomic E-state index is 13.5. The van der Waals surface area contributed by atoms with Crippen LogP contribution in [0.5, 0.6) is 0 Å². The topological polar surface area (TPSA) is 32.3 Å². The zero-order valence-electron chi connectivity index (χ0n) is 9.05. The molecule has 1 aromatic carbocycles. The van der Waals surface area contributed by atoms with Gasteiger partial charge in [-0.1, -0.05) is 6.92 Å². The lowest BCUT2D eigenvalue weighted by Gasteiger charge is -2.32. The third-order valence-electron chi connectivity index (χ3n) is 2.75. The summed E-state index contributed by atoms with van der Waals surface area (Å²) in [6.07, 6.45) is 0.555. The Balaban J connectivity index is 2.54. The van der Waals surface area contributed by atoms with Gasteiger partial charge in [0.15, 0.2) is 5.82 Å². The van der Waals surface area contributed by atoms with Gasteiger partial charge in [0.05, 0.1) is 11.4 Å². The van der Waals surface area contributed by atoms with Gasteiger partial charge in [-0.25, -0.2) is 8.78 Å². The van der Waals surface area contributed by atoms with E-state index in [2.05, 4.69) is 5.32 Å². The molecule has 1 aliphatic rings. The molecule has 0 spiro atoms. The molecule has 0 aliphatic carbocycles. The highest BCUT2D eigenvalue weighted by Gasteiger charge is 2.31. The SMILES string of the molecule is CCC1Nc2c(F)cc(F)cc2N(C)C1=O. The third kappa shape index (κ3) is 1.52. The second kappa shape index (κ2) is 3.73. The number of fused-ring (bicyclic) bond motifs is 1. The van der Waals surface area contributed by atoms with Gasteiger partial charge < -0.3 is 10.2 Å². The molecule has 0 saturated heterocycles. The van der Waals surface area contributed by atoms with Gasteiger partial charge in [-0.3, -0.25) is 4.79 Å². The smallest absolute Gasteiger partial charge is 0.249 e. The van der Waals surface area contributed by atoms with Crippen LogP contribution in [0.4, 0.5) is 20.2 Å². The molecule has 0 bridgehead atoms. The molecule has 2 rings (SSSR count). The Morgan fingerprint density at radius 1 is 1.44 bits per heavy atom. The quantitative estimate of drug-likeness (QED) is 0.795. The lowest BCUT2D eigenvalue weighted by molar-refractivity contribution is -0.119. The van der Waals surface area contributed by atoms with Crippen molar-refractivity contribution >= 4 is 17.3 Å². The normalized spacial score (nSPS) is 19.4. The van der Waals surface area contributed by atoms with Crippen molar-refractivity contribution in [2.24, 2.45) is 0 Å². The van der Waals surface area contributed by atoms with Gasteiger partial charge in [0, 0.05) is 13.1 Å². The van der Waals surface area contributed by atoms with Crippen LogP contribution < -0.4 is 10.2 Å². The molecule has 0 fully saturated rings. The predicted molar refractivity (Wildman–Crippen MR) is 57.5 cm³/mol. The van der Waals surface area contributed by atoms with Crippen molar-refractivity contribution in [1.29, 1.82) is 0 Å². The molecule has 0 saturated carbocycles. The second-order valence-electron chi connectivity index (χ2n) is 3.78. The molecule has 1 amide bonds. The van der Waals surface area contributed by atoms with E-state index in [1.807, 2.05) is 6.92 Å². The summed E-state index contributed by atoms with van der Waals surface area (Å²) in [4.78, 5) is 13.0. The van der Waals surface area contributed by atoms with Gasteiger partial charge in [0.1, 0.15) is 11.9 Å². The summed E-state index contributed by atoms with van der Waals surface area (Å²) < 4.78 is 26.5. The molecule has 1 aromatic rings. The van der Waals surface area contributed by atoms with E-state index in [1.165, 1.54) is 11.9 Å². The van der Waals surface area contributed by atoms with Crippen LogP contribution in [0.1, 0.15) is 13.3 Å². The number of halogens is 2. The maximum absolute atomic E-state index is 13.5. The number of rotatable bonds is 1. The largest absolute Gasteiger partial charge is 0.370 e. The number of nitrogens with zero attached hydrogens (tertiary/aromatic N) is 1. The first-order chi connectivity index (χ1) is 7.54. The number of amides is 1. The van der Waals surface area contributed by atoms with Crippen LogP contribution in [-0.4, -0.2) is 19.0 Å². The van der Waals surface area contributed by atoms with Crippen molar-refractivity contribution in [3.63, 3.8) is 0 Å². The van der Waals surface area contributed by atoms with E-state index in [4.69, 9.17) is 0 Å². The van der Waals surface area contributed by atoms with E-state index < -0.39 is 17.7 Å². The van der Waals surface area contributed by atoms with Crippen molar-refractivity contribution in [2.75, 3.05) is 17.3 Å². The van der Waals surface area contributed by atoms with Gasteiger partial charge in [-0.15, -0.1) is 0 Å². The third-order valence-corrected chi connectivity index (χ3v) is 2.75. The average Bonchev–Trinajstić information content (AvgIpc) is 2.24. The molecule has 3 nitrogen and oxygen atoms in total. The number of anilines is 2. The number of hydrogen-bond donors (Lipinski definition) is 1. The average molecular weight is 226 g/mol. The molecule has 1 N–H and O–H groups in total. The Kier molecular flexibility index (Phi) is 2.53. The van der Waals surface area contributed by atoms with Crippen LogP contribution in [0, 0.1) is 11.6 Å². The van der Waals surface area contributed by atoms with Crippen LogP contribution in [0.3, 0.4) is 0 Å². The first kappa shape index (κ1) is 10.9. The van der Waals surface area contributed by atoms with Gasteiger partial charge in [0.25, 0.3) is 0 Å². The van der Waals surface area contributed by atoms with Crippen molar-refractivity contribution in [2.45, 2.75) is 19.4 Å². The number of carbonyl (C=O) groups excluding carboxylic acids is 1. The molecule has 1 atom stereocenters. The van der Waals surface area contributed by atoms with E-state index in [0.29, 0.717) is 6.42 Å². The summed E-state index contributed by atoms with van der Waals surface area (Å²) in [6, 6.07) is 1.51. The standard InChI is InChI=1S/C11H12F2N2O/c1-3-8-11(16)15(2)9-5-6(12)4-7(13)10(9)14-8/h4-5,8,14H,3H2,1-2H3. The fraction of sp³-hybridized carbons (Fsp3) is 0.364. The first-order valence-electron chi connectivity index (χ1n) is 5.07. The van der Waals surface area contributed by atoms with Crippen molar-refractivity contribution in [1.82, 2.24) is 0 Å². The van der Waals surface area contributed by atoms with E-state index in [0.717, 1.165) is 12.1 Å². The van der Waals surface area contributed by atoms with Crippen LogP contribution in [-0.2, 0) is 4.79 Å². The van der Waals surface area contributed by atoms with Crippen LogP contribution in [0.2, 0.25) is 0 Å².